The van der Waals surface area contributed by atoms with Crippen molar-refractivity contribution in [2.45, 2.75) is 17.7 Å². The van der Waals surface area contributed by atoms with Crippen LogP contribution in [-0.4, -0.2) is 33.3 Å². The molecule has 0 aromatic heterocycles. The van der Waals surface area contributed by atoms with E-state index in [0.29, 0.717) is 12.8 Å². The number of hydrogen-bond acceptors (Lipinski definition) is 6. The molecule has 1 aromatic carbocycles. The number of nitriles is 1. The average molecular weight is 339 g/mol. The van der Waals surface area contributed by atoms with Crippen LogP contribution >= 0.6 is 0 Å². The first-order valence-electron chi connectivity index (χ1n) is 6.76. The third kappa shape index (κ3) is 3.24. The Labute approximate surface area is 132 Å². The van der Waals surface area contributed by atoms with Gasteiger partial charge in [-0.1, -0.05) is 0 Å². The number of halogens is 1. The van der Waals surface area contributed by atoms with Crippen LogP contribution in [0.3, 0.4) is 0 Å². The lowest BCUT2D eigenvalue weighted by Crippen LogP contribution is -2.26. The first kappa shape index (κ1) is 17.1. The van der Waals surface area contributed by atoms with Gasteiger partial charge in [0.25, 0.3) is 0 Å². The van der Waals surface area contributed by atoms with Crippen LogP contribution < -0.4 is 4.74 Å². The van der Waals surface area contributed by atoms with Crippen molar-refractivity contribution in [3.05, 3.63) is 23.5 Å². The second-order valence-corrected chi connectivity index (χ2v) is 7.29. The van der Waals surface area contributed by atoms with E-state index < -0.39 is 49.3 Å². The summed E-state index contributed by atoms with van der Waals surface area (Å²) in [5, 5.41) is 9.13. The molecular formula is C15H14FNO5S. The van der Waals surface area contributed by atoms with Gasteiger partial charge in [0, 0.05) is 17.7 Å². The van der Waals surface area contributed by atoms with Crippen molar-refractivity contribution < 1.29 is 27.1 Å². The molecule has 2 rings (SSSR count). The molecule has 8 heteroatoms. The van der Waals surface area contributed by atoms with Crippen LogP contribution in [0.4, 0.5) is 4.39 Å². The maximum atomic E-state index is 13.8. The third-order valence-electron chi connectivity index (χ3n) is 3.56. The summed E-state index contributed by atoms with van der Waals surface area (Å²) in [4.78, 5) is 23.9. The molecule has 0 heterocycles. The molecule has 1 fully saturated rings. The Morgan fingerprint density at radius 3 is 2.43 bits per heavy atom. The minimum absolute atomic E-state index is 0.340. The van der Waals surface area contributed by atoms with Crippen molar-refractivity contribution >= 4 is 21.4 Å². The summed E-state index contributed by atoms with van der Waals surface area (Å²) in [7, 11) is -2.95. The Morgan fingerprint density at radius 2 is 2.00 bits per heavy atom. The molecule has 0 spiro atoms. The molecule has 1 aromatic rings. The minimum atomic E-state index is -4.02. The molecule has 6 nitrogen and oxygen atoms in total. The van der Waals surface area contributed by atoms with E-state index in [2.05, 4.69) is 0 Å². The fourth-order valence-electron chi connectivity index (χ4n) is 2.30. The van der Waals surface area contributed by atoms with Gasteiger partial charge in [0.1, 0.15) is 4.90 Å². The largest absolute Gasteiger partial charge is 0.492 e. The lowest BCUT2D eigenvalue weighted by molar-refractivity contribution is -0.121. The Morgan fingerprint density at radius 1 is 1.39 bits per heavy atom. The SMILES string of the molecule is COc1c(F)ccc(C(=O)C(C#N)C(=O)C2CC2)c1S(C)(=O)=O. The predicted octanol–water partition coefficient (Wildman–Crippen LogP) is 1.54. The predicted molar refractivity (Wildman–Crippen MR) is 77.2 cm³/mol. The van der Waals surface area contributed by atoms with Crippen LogP contribution in [0, 0.1) is 29.0 Å². The zero-order chi connectivity index (χ0) is 17.4. The minimum Gasteiger partial charge on any atom is -0.492 e. The molecule has 1 unspecified atom stereocenters. The van der Waals surface area contributed by atoms with Gasteiger partial charge in [0.05, 0.1) is 13.2 Å². The van der Waals surface area contributed by atoms with E-state index in [4.69, 9.17) is 10.00 Å². The van der Waals surface area contributed by atoms with E-state index in [9.17, 15) is 22.4 Å². The normalized spacial score (nSPS) is 15.6. The van der Waals surface area contributed by atoms with Crippen molar-refractivity contribution in [3.8, 4) is 11.8 Å². The van der Waals surface area contributed by atoms with Crippen LogP contribution in [0.25, 0.3) is 0 Å². The molecule has 0 radical (unpaired) electrons. The van der Waals surface area contributed by atoms with E-state index >= 15 is 0 Å². The zero-order valence-corrected chi connectivity index (χ0v) is 13.3. The van der Waals surface area contributed by atoms with Gasteiger partial charge in [-0.25, -0.2) is 12.8 Å². The molecule has 1 aliphatic carbocycles. The Balaban J connectivity index is 2.61. The second-order valence-electron chi connectivity index (χ2n) is 5.33. The zero-order valence-electron chi connectivity index (χ0n) is 12.5. The summed E-state index contributed by atoms with van der Waals surface area (Å²) >= 11 is 0. The van der Waals surface area contributed by atoms with Crippen molar-refractivity contribution in [1.82, 2.24) is 0 Å². The van der Waals surface area contributed by atoms with Crippen LogP contribution in [0.5, 0.6) is 5.75 Å². The Kier molecular flexibility index (Phi) is 4.52. The van der Waals surface area contributed by atoms with Crippen LogP contribution in [0.2, 0.25) is 0 Å². The molecule has 122 valence electrons. The summed E-state index contributed by atoms with van der Waals surface area (Å²) < 4.78 is 42.4. The van der Waals surface area contributed by atoms with Crippen LogP contribution in [-0.2, 0) is 14.6 Å². The summed E-state index contributed by atoms with van der Waals surface area (Å²) in [6.07, 6.45) is 2.01. The van der Waals surface area contributed by atoms with E-state index in [1.54, 1.807) is 6.07 Å². The van der Waals surface area contributed by atoms with Gasteiger partial charge in [-0.3, -0.25) is 9.59 Å². The maximum Gasteiger partial charge on any atom is 0.188 e. The highest BCUT2D eigenvalue weighted by atomic mass is 32.2. The van der Waals surface area contributed by atoms with Crippen molar-refractivity contribution in [2.24, 2.45) is 11.8 Å². The summed E-state index contributed by atoms with van der Waals surface area (Å²) in [6.45, 7) is 0. The summed E-state index contributed by atoms with van der Waals surface area (Å²) in [6, 6.07) is 3.45. The van der Waals surface area contributed by atoms with Gasteiger partial charge >= 0.3 is 0 Å². The molecule has 0 aliphatic heterocycles. The average Bonchev–Trinajstić information content (AvgIpc) is 3.30. The molecule has 23 heavy (non-hydrogen) atoms. The first-order valence-corrected chi connectivity index (χ1v) is 8.65. The number of carbonyl (C=O) groups is 2. The number of hydrogen-bond donors (Lipinski definition) is 0. The first-order chi connectivity index (χ1) is 10.7. The van der Waals surface area contributed by atoms with Crippen molar-refractivity contribution in [2.75, 3.05) is 13.4 Å². The number of ketones is 2. The number of methoxy groups -OCH3 is 1. The monoisotopic (exact) mass is 339 g/mol. The Bertz CT molecular complexity index is 821. The standard InChI is InChI=1S/C15H14FNO5S/c1-22-14-11(16)6-5-9(15(14)23(2,20)21)13(19)10(7-17)12(18)8-3-4-8/h5-6,8,10H,3-4H2,1-2H3. The summed E-state index contributed by atoms with van der Waals surface area (Å²) in [5.41, 5.74) is -0.411. The van der Waals surface area contributed by atoms with Crippen molar-refractivity contribution in [1.29, 1.82) is 5.26 Å². The van der Waals surface area contributed by atoms with Crippen LogP contribution in [0.1, 0.15) is 23.2 Å². The number of carbonyl (C=O) groups excluding carboxylic acids is 2. The molecule has 0 amide bonds. The quantitative estimate of drug-likeness (QED) is 0.575. The van der Waals surface area contributed by atoms with E-state index in [0.717, 1.165) is 25.5 Å². The highest BCUT2D eigenvalue weighted by Gasteiger charge is 2.40. The molecule has 1 aliphatic rings. The van der Waals surface area contributed by atoms with Gasteiger partial charge in [0.2, 0.25) is 0 Å². The van der Waals surface area contributed by atoms with Gasteiger partial charge in [-0.2, -0.15) is 5.26 Å². The van der Waals surface area contributed by atoms with E-state index in [-0.39, 0.29) is 5.92 Å². The van der Waals surface area contributed by atoms with Gasteiger partial charge in [0.15, 0.2) is 38.9 Å². The molecule has 0 saturated heterocycles. The topological polar surface area (TPSA) is 101 Å². The molecule has 0 bridgehead atoms. The summed E-state index contributed by atoms with van der Waals surface area (Å²) in [5.74, 6) is -4.98. The molecule has 1 atom stereocenters. The number of benzene rings is 1. The van der Waals surface area contributed by atoms with Gasteiger partial charge in [-0.15, -0.1) is 0 Å². The third-order valence-corrected chi connectivity index (χ3v) is 4.71. The molecule has 0 N–H and O–H groups in total. The van der Waals surface area contributed by atoms with Gasteiger partial charge < -0.3 is 4.74 Å². The highest BCUT2D eigenvalue weighted by molar-refractivity contribution is 7.90. The van der Waals surface area contributed by atoms with E-state index in [1.807, 2.05) is 0 Å². The fraction of sp³-hybridized carbons (Fsp3) is 0.400. The second kappa shape index (κ2) is 6.08. The molecule has 1 saturated carbocycles. The lowest BCUT2D eigenvalue weighted by Gasteiger charge is -2.14. The van der Waals surface area contributed by atoms with E-state index in [1.165, 1.54) is 0 Å². The number of sulfone groups is 1. The van der Waals surface area contributed by atoms with Crippen molar-refractivity contribution in [3.63, 3.8) is 0 Å². The number of nitrogens with zero attached hydrogens (tertiary/aromatic N) is 1. The molecular weight excluding hydrogens is 325 g/mol. The lowest BCUT2D eigenvalue weighted by atomic mass is 9.92. The fourth-order valence-corrected chi connectivity index (χ4v) is 3.39. The van der Waals surface area contributed by atoms with Gasteiger partial charge in [-0.05, 0) is 25.0 Å². The number of rotatable bonds is 6. The number of ether oxygens (including phenoxy) is 1. The smallest absolute Gasteiger partial charge is 0.188 e. The maximum absolute atomic E-state index is 13.8. The van der Waals surface area contributed by atoms with Crippen LogP contribution in [0.15, 0.2) is 17.0 Å². The Hall–Kier alpha value is -2.27. The highest BCUT2D eigenvalue weighted by Crippen LogP contribution is 2.36. The number of Topliss-reactive ketones (excluding diaryl/α,β-unsaturated/α-hetero) is 2.